The Morgan fingerprint density at radius 2 is 2.18 bits per heavy atom. The molecule has 4 nitrogen and oxygen atoms in total. The van der Waals surface area contributed by atoms with Gasteiger partial charge < -0.3 is 15.2 Å². The van der Waals surface area contributed by atoms with E-state index in [1.807, 2.05) is 47.9 Å². The number of hydrogen-bond acceptors (Lipinski definition) is 4. The number of rotatable bonds is 4. The first-order chi connectivity index (χ1) is 10.6. The third-order valence-electron chi connectivity index (χ3n) is 3.57. The number of fused-ring (bicyclic) bond motifs is 1. The van der Waals surface area contributed by atoms with E-state index in [9.17, 15) is 9.90 Å². The first kappa shape index (κ1) is 14.8. The predicted molar refractivity (Wildman–Crippen MR) is 86.8 cm³/mol. The van der Waals surface area contributed by atoms with Crippen LogP contribution in [0.4, 0.5) is 0 Å². The molecule has 0 saturated carbocycles. The van der Waals surface area contributed by atoms with E-state index in [0.717, 1.165) is 16.2 Å². The summed E-state index contributed by atoms with van der Waals surface area (Å²) in [5.74, 6) is 0.566. The molecule has 22 heavy (non-hydrogen) atoms. The van der Waals surface area contributed by atoms with E-state index in [0.29, 0.717) is 5.57 Å². The van der Waals surface area contributed by atoms with Crippen LogP contribution < -0.4 is 10.1 Å². The zero-order valence-corrected chi connectivity index (χ0v) is 13.0. The quantitative estimate of drug-likeness (QED) is 0.911. The van der Waals surface area contributed by atoms with Gasteiger partial charge in [-0.15, -0.1) is 11.3 Å². The first-order valence-corrected chi connectivity index (χ1v) is 7.91. The molecule has 0 aliphatic carbocycles. The summed E-state index contributed by atoms with van der Waals surface area (Å²) < 4.78 is 5.57. The maximum atomic E-state index is 12.3. The SMILES string of the molecule is C[C@](O)(CNC(=O)C1=Cc2ccccc2OC1)c1cccs1. The molecular formula is C17H17NO3S. The maximum absolute atomic E-state index is 12.3. The molecule has 1 atom stereocenters. The smallest absolute Gasteiger partial charge is 0.250 e. The highest BCUT2D eigenvalue weighted by atomic mass is 32.1. The van der Waals surface area contributed by atoms with Gasteiger partial charge in [-0.2, -0.15) is 0 Å². The lowest BCUT2D eigenvalue weighted by atomic mass is 10.0. The van der Waals surface area contributed by atoms with Crippen molar-refractivity contribution in [3.8, 4) is 5.75 Å². The van der Waals surface area contributed by atoms with Gasteiger partial charge in [0.05, 0.1) is 12.1 Å². The van der Waals surface area contributed by atoms with E-state index in [1.165, 1.54) is 11.3 Å². The minimum atomic E-state index is -1.07. The minimum absolute atomic E-state index is 0.158. The largest absolute Gasteiger partial charge is 0.488 e. The number of amides is 1. The Morgan fingerprint density at radius 3 is 2.95 bits per heavy atom. The number of ether oxygens (including phenoxy) is 1. The van der Waals surface area contributed by atoms with Crippen LogP contribution in [-0.2, 0) is 10.4 Å². The molecule has 3 rings (SSSR count). The summed E-state index contributed by atoms with van der Waals surface area (Å²) >= 11 is 1.47. The molecule has 1 aromatic heterocycles. The molecule has 1 aliphatic rings. The molecular weight excluding hydrogens is 298 g/mol. The summed E-state index contributed by atoms with van der Waals surface area (Å²) in [5, 5.41) is 15.1. The fourth-order valence-electron chi connectivity index (χ4n) is 2.29. The van der Waals surface area contributed by atoms with E-state index < -0.39 is 5.60 Å². The number of aliphatic hydroxyl groups is 1. The molecule has 2 heterocycles. The fraction of sp³-hybridized carbons (Fsp3) is 0.235. The van der Waals surface area contributed by atoms with Crippen LogP contribution >= 0.6 is 11.3 Å². The normalized spacial score (nSPS) is 16.0. The predicted octanol–water partition coefficient (Wildman–Crippen LogP) is 2.55. The lowest BCUT2D eigenvalue weighted by Gasteiger charge is -2.23. The summed E-state index contributed by atoms with van der Waals surface area (Å²) in [5.41, 5.74) is 0.377. The Bertz CT molecular complexity index is 704. The highest BCUT2D eigenvalue weighted by Crippen LogP contribution is 2.27. The van der Waals surface area contributed by atoms with Gasteiger partial charge in [0.2, 0.25) is 0 Å². The van der Waals surface area contributed by atoms with Crippen LogP contribution in [0.2, 0.25) is 0 Å². The van der Waals surface area contributed by atoms with E-state index in [4.69, 9.17) is 4.74 Å². The second-order valence-electron chi connectivity index (χ2n) is 5.43. The number of carbonyl (C=O) groups excluding carboxylic acids is 1. The second kappa shape index (κ2) is 5.94. The number of benzene rings is 1. The van der Waals surface area contributed by atoms with Crippen molar-refractivity contribution in [2.45, 2.75) is 12.5 Å². The molecule has 0 saturated heterocycles. The number of para-hydroxylation sites is 1. The van der Waals surface area contributed by atoms with Gasteiger partial charge in [0.1, 0.15) is 18.0 Å². The fourth-order valence-corrected chi connectivity index (χ4v) is 3.07. The maximum Gasteiger partial charge on any atom is 0.250 e. The van der Waals surface area contributed by atoms with E-state index >= 15 is 0 Å². The van der Waals surface area contributed by atoms with Crippen LogP contribution in [0.1, 0.15) is 17.4 Å². The van der Waals surface area contributed by atoms with Crippen molar-refractivity contribution in [2.24, 2.45) is 0 Å². The van der Waals surface area contributed by atoms with Crippen molar-refractivity contribution >= 4 is 23.3 Å². The Balaban J connectivity index is 1.67. The molecule has 0 fully saturated rings. The van der Waals surface area contributed by atoms with Crippen LogP contribution in [-0.4, -0.2) is 24.2 Å². The van der Waals surface area contributed by atoms with Crippen LogP contribution in [0, 0.1) is 0 Å². The molecule has 0 unspecified atom stereocenters. The van der Waals surface area contributed by atoms with Crippen molar-refractivity contribution in [3.63, 3.8) is 0 Å². The molecule has 0 spiro atoms. The van der Waals surface area contributed by atoms with E-state index in [-0.39, 0.29) is 19.1 Å². The molecule has 114 valence electrons. The zero-order chi connectivity index (χ0) is 15.6. The van der Waals surface area contributed by atoms with Crippen molar-refractivity contribution in [3.05, 3.63) is 57.8 Å². The third-order valence-corrected chi connectivity index (χ3v) is 4.69. The van der Waals surface area contributed by atoms with E-state index in [1.54, 1.807) is 6.92 Å². The summed E-state index contributed by atoms with van der Waals surface area (Å²) in [6, 6.07) is 11.3. The summed E-state index contributed by atoms with van der Waals surface area (Å²) in [7, 11) is 0. The molecule has 1 amide bonds. The molecule has 1 aromatic carbocycles. The average molecular weight is 315 g/mol. The van der Waals surface area contributed by atoms with Gasteiger partial charge >= 0.3 is 0 Å². The summed E-state index contributed by atoms with van der Waals surface area (Å²) in [6.07, 6.45) is 1.83. The lowest BCUT2D eigenvalue weighted by Crippen LogP contribution is -2.39. The summed E-state index contributed by atoms with van der Waals surface area (Å²) in [4.78, 5) is 13.1. The number of thiophene rings is 1. The van der Waals surface area contributed by atoms with Gasteiger partial charge in [0, 0.05) is 10.4 Å². The first-order valence-electron chi connectivity index (χ1n) is 7.03. The van der Waals surface area contributed by atoms with Gasteiger partial charge in [0.25, 0.3) is 5.91 Å². The Hall–Kier alpha value is -2.11. The van der Waals surface area contributed by atoms with E-state index in [2.05, 4.69) is 5.32 Å². The van der Waals surface area contributed by atoms with Gasteiger partial charge in [-0.25, -0.2) is 0 Å². The third kappa shape index (κ3) is 3.05. The average Bonchev–Trinajstić information content (AvgIpc) is 3.07. The topological polar surface area (TPSA) is 58.6 Å². The minimum Gasteiger partial charge on any atom is -0.488 e. The Kier molecular flexibility index (Phi) is 4.00. The number of carbonyl (C=O) groups is 1. The van der Waals surface area contributed by atoms with Gasteiger partial charge in [-0.05, 0) is 30.5 Å². The van der Waals surface area contributed by atoms with Crippen molar-refractivity contribution in [2.75, 3.05) is 13.2 Å². The molecule has 0 radical (unpaired) electrons. The van der Waals surface area contributed by atoms with Gasteiger partial charge in [-0.1, -0.05) is 24.3 Å². The molecule has 1 aliphatic heterocycles. The Labute approximate surface area is 133 Å². The van der Waals surface area contributed by atoms with Crippen molar-refractivity contribution in [1.82, 2.24) is 5.32 Å². The summed E-state index contributed by atoms with van der Waals surface area (Å²) in [6.45, 7) is 2.09. The highest BCUT2D eigenvalue weighted by Gasteiger charge is 2.26. The van der Waals surface area contributed by atoms with Crippen LogP contribution in [0.25, 0.3) is 6.08 Å². The molecule has 2 aromatic rings. The molecule has 2 N–H and O–H groups in total. The van der Waals surface area contributed by atoms with Gasteiger partial charge in [-0.3, -0.25) is 4.79 Å². The molecule has 0 bridgehead atoms. The molecule has 5 heteroatoms. The van der Waals surface area contributed by atoms with Crippen molar-refractivity contribution in [1.29, 1.82) is 0 Å². The van der Waals surface area contributed by atoms with Gasteiger partial charge in [0.15, 0.2) is 0 Å². The monoisotopic (exact) mass is 315 g/mol. The van der Waals surface area contributed by atoms with Crippen molar-refractivity contribution < 1.29 is 14.6 Å². The number of nitrogens with one attached hydrogen (secondary N) is 1. The lowest BCUT2D eigenvalue weighted by molar-refractivity contribution is -0.118. The number of hydrogen-bond donors (Lipinski definition) is 2. The van der Waals surface area contributed by atoms with Crippen LogP contribution in [0.5, 0.6) is 5.75 Å². The standard InChI is InChI=1S/C17H17NO3S/c1-17(20,15-7-4-8-22-15)11-18-16(19)13-9-12-5-2-3-6-14(12)21-10-13/h2-9,20H,10-11H2,1H3,(H,18,19)/t17-/m0/s1. The zero-order valence-electron chi connectivity index (χ0n) is 12.2. The highest BCUT2D eigenvalue weighted by molar-refractivity contribution is 7.10. The second-order valence-corrected chi connectivity index (χ2v) is 6.38. The van der Waals surface area contributed by atoms with Crippen LogP contribution in [0.3, 0.4) is 0 Å². The van der Waals surface area contributed by atoms with Crippen LogP contribution in [0.15, 0.2) is 47.4 Å². The Morgan fingerprint density at radius 1 is 1.36 bits per heavy atom.